The molecule has 0 bridgehead atoms. The van der Waals surface area contributed by atoms with Crippen LogP contribution in [0.25, 0.3) is 0 Å². The Hall–Kier alpha value is -0.530. The van der Waals surface area contributed by atoms with Gasteiger partial charge in [0.05, 0.1) is 5.92 Å². The molecule has 0 aromatic carbocycles. The van der Waals surface area contributed by atoms with Crippen LogP contribution in [0, 0.1) is 5.92 Å². The van der Waals surface area contributed by atoms with Crippen molar-refractivity contribution in [3.63, 3.8) is 0 Å². The summed E-state index contributed by atoms with van der Waals surface area (Å²) in [4.78, 5) is 11.7. The Morgan fingerprint density at radius 2 is 1.56 bits per heavy atom. The first-order chi connectivity index (χ1) is 8.77. The minimum absolute atomic E-state index is 0.0738. The summed E-state index contributed by atoms with van der Waals surface area (Å²) in [6.07, 6.45) is 13.5. The molecule has 18 heavy (non-hydrogen) atoms. The number of hydrogen-bond donors (Lipinski definition) is 0. The van der Waals surface area contributed by atoms with Gasteiger partial charge in [-0.15, -0.1) is 0 Å². The number of esters is 1. The molecule has 0 saturated carbocycles. The molecule has 2 atom stereocenters. The third kappa shape index (κ3) is 5.88. The van der Waals surface area contributed by atoms with Crippen LogP contribution in [-0.4, -0.2) is 12.1 Å². The third-order valence-electron chi connectivity index (χ3n) is 3.95. The van der Waals surface area contributed by atoms with Gasteiger partial charge in [0.25, 0.3) is 0 Å². The van der Waals surface area contributed by atoms with Crippen molar-refractivity contribution in [1.29, 1.82) is 0 Å². The largest absolute Gasteiger partial charge is 0.462 e. The predicted octanol–water partition coefficient (Wildman–Crippen LogP) is 4.86. The maximum atomic E-state index is 11.7. The average molecular weight is 254 g/mol. The Morgan fingerprint density at radius 3 is 2.28 bits per heavy atom. The number of hydrogen-bond acceptors (Lipinski definition) is 2. The number of unbranched alkanes of at least 4 members (excludes halogenated alkanes) is 6. The molecular formula is C16H30O2. The van der Waals surface area contributed by atoms with E-state index in [1.54, 1.807) is 0 Å². The first-order valence-electron chi connectivity index (χ1n) is 7.98. The highest BCUT2D eigenvalue weighted by atomic mass is 16.5. The number of ether oxygens (including phenoxy) is 1. The topological polar surface area (TPSA) is 26.3 Å². The molecule has 0 spiro atoms. The van der Waals surface area contributed by atoms with Gasteiger partial charge in [-0.25, -0.2) is 0 Å². The summed E-state index contributed by atoms with van der Waals surface area (Å²) < 4.78 is 5.47. The molecule has 0 radical (unpaired) electrons. The van der Waals surface area contributed by atoms with Crippen LogP contribution in [0.4, 0.5) is 0 Å². The van der Waals surface area contributed by atoms with Gasteiger partial charge in [-0.05, 0) is 25.7 Å². The van der Waals surface area contributed by atoms with Gasteiger partial charge < -0.3 is 4.74 Å². The molecular weight excluding hydrogens is 224 g/mol. The fourth-order valence-corrected chi connectivity index (χ4v) is 2.75. The molecule has 1 fully saturated rings. The maximum Gasteiger partial charge on any atom is 0.309 e. The van der Waals surface area contributed by atoms with Crippen molar-refractivity contribution >= 4 is 5.97 Å². The molecule has 1 rings (SSSR count). The molecule has 1 aliphatic heterocycles. The molecule has 0 aliphatic carbocycles. The highest BCUT2D eigenvalue weighted by Gasteiger charge is 2.33. The summed E-state index contributed by atoms with van der Waals surface area (Å²) in [5, 5.41) is 0. The van der Waals surface area contributed by atoms with Crippen molar-refractivity contribution in [2.75, 3.05) is 0 Å². The lowest BCUT2D eigenvalue weighted by Gasteiger charge is -2.08. The third-order valence-corrected chi connectivity index (χ3v) is 3.95. The van der Waals surface area contributed by atoms with Crippen LogP contribution in [0.5, 0.6) is 0 Å². The summed E-state index contributed by atoms with van der Waals surface area (Å²) in [6.45, 7) is 4.44. The first kappa shape index (κ1) is 15.5. The zero-order chi connectivity index (χ0) is 13.2. The summed E-state index contributed by atoms with van der Waals surface area (Å²) >= 11 is 0. The van der Waals surface area contributed by atoms with Crippen LogP contribution in [0.1, 0.15) is 84.5 Å². The predicted molar refractivity (Wildman–Crippen MR) is 75.5 cm³/mol. The normalized spacial score (nSPS) is 23.3. The van der Waals surface area contributed by atoms with Crippen molar-refractivity contribution in [2.45, 2.75) is 90.6 Å². The van der Waals surface area contributed by atoms with E-state index in [-0.39, 0.29) is 18.0 Å². The van der Waals surface area contributed by atoms with Crippen molar-refractivity contribution in [3.8, 4) is 0 Å². The lowest BCUT2D eigenvalue weighted by Crippen LogP contribution is -2.07. The highest BCUT2D eigenvalue weighted by Crippen LogP contribution is 2.28. The molecule has 1 saturated heterocycles. The van der Waals surface area contributed by atoms with Gasteiger partial charge in [-0.2, -0.15) is 0 Å². The van der Waals surface area contributed by atoms with Gasteiger partial charge in [-0.3, -0.25) is 4.79 Å². The van der Waals surface area contributed by atoms with Crippen LogP contribution < -0.4 is 0 Å². The molecule has 0 amide bonds. The lowest BCUT2D eigenvalue weighted by atomic mass is 9.96. The second kappa shape index (κ2) is 9.41. The fourth-order valence-electron chi connectivity index (χ4n) is 2.75. The maximum absolute atomic E-state index is 11.7. The van der Waals surface area contributed by atoms with Crippen molar-refractivity contribution in [2.24, 2.45) is 5.92 Å². The SMILES string of the molecule is CCCCCCCC1CC(CCCCC)C(=O)O1. The van der Waals surface area contributed by atoms with E-state index in [4.69, 9.17) is 4.74 Å². The Morgan fingerprint density at radius 1 is 0.944 bits per heavy atom. The minimum Gasteiger partial charge on any atom is -0.462 e. The number of rotatable bonds is 10. The summed E-state index contributed by atoms with van der Waals surface area (Å²) in [5.74, 6) is 0.279. The van der Waals surface area contributed by atoms with Gasteiger partial charge in [-0.1, -0.05) is 58.8 Å². The van der Waals surface area contributed by atoms with Crippen molar-refractivity contribution in [1.82, 2.24) is 0 Å². The van der Waals surface area contributed by atoms with Crippen molar-refractivity contribution in [3.05, 3.63) is 0 Å². The zero-order valence-corrected chi connectivity index (χ0v) is 12.2. The summed E-state index contributed by atoms with van der Waals surface area (Å²) in [7, 11) is 0. The Balaban J connectivity index is 2.08. The highest BCUT2D eigenvalue weighted by molar-refractivity contribution is 5.74. The van der Waals surface area contributed by atoms with E-state index in [1.807, 2.05) is 0 Å². The van der Waals surface area contributed by atoms with Crippen LogP contribution >= 0.6 is 0 Å². The van der Waals surface area contributed by atoms with E-state index in [2.05, 4.69) is 13.8 Å². The molecule has 0 N–H and O–H groups in total. The zero-order valence-electron chi connectivity index (χ0n) is 12.2. The second-order valence-corrected chi connectivity index (χ2v) is 5.69. The Labute approximate surface area is 112 Å². The van der Waals surface area contributed by atoms with Gasteiger partial charge in [0, 0.05) is 0 Å². The van der Waals surface area contributed by atoms with Gasteiger partial charge in [0.15, 0.2) is 0 Å². The van der Waals surface area contributed by atoms with E-state index >= 15 is 0 Å². The molecule has 2 unspecified atom stereocenters. The molecule has 0 aromatic rings. The lowest BCUT2D eigenvalue weighted by molar-refractivity contribution is -0.144. The van der Waals surface area contributed by atoms with Gasteiger partial charge >= 0.3 is 5.97 Å². The van der Waals surface area contributed by atoms with E-state index in [1.165, 1.54) is 51.4 Å². The second-order valence-electron chi connectivity index (χ2n) is 5.69. The molecule has 106 valence electrons. The summed E-state index contributed by atoms with van der Waals surface area (Å²) in [5.41, 5.74) is 0. The standard InChI is InChI=1S/C16H30O2/c1-3-5-7-8-10-12-15-13-14(16(17)18-15)11-9-6-4-2/h14-15H,3-13H2,1-2H3. The van der Waals surface area contributed by atoms with Crippen LogP contribution in [0.2, 0.25) is 0 Å². The van der Waals surface area contributed by atoms with Crippen LogP contribution in [0.3, 0.4) is 0 Å². The number of carbonyl (C=O) groups excluding carboxylic acids is 1. The molecule has 1 heterocycles. The molecule has 2 heteroatoms. The Bertz CT molecular complexity index is 225. The van der Waals surface area contributed by atoms with Gasteiger partial charge in [0.2, 0.25) is 0 Å². The smallest absolute Gasteiger partial charge is 0.309 e. The Kier molecular flexibility index (Phi) is 8.11. The van der Waals surface area contributed by atoms with Crippen LogP contribution in [-0.2, 0) is 9.53 Å². The van der Waals surface area contributed by atoms with Crippen molar-refractivity contribution < 1.29 is 9.53 Å². The van der Waals surface area contributed by atoms with E-state index < -0.39 is 0 Å². The monoisotopic (exact) mass is 254 g/mol. The minimum atomic E-state index is 0.0738. The summed E-state index contributed by atoms with van der Waals surface area (Å²) in [6, 6.07) is 0. The average Bonchev–Trinajstić information content (AvgIpc) is 2.70. The van der Waals surface area contributed by atoms with E-state index in [0.29, 0.717) is 0 Å². The molecule has 1 aliphatic rings. The molecule has 0 aromatic heterocycles. The molecule has 2 nitrogen and oxygen atoms in total. The van der Waals surface area contributed by atoms with E-state index in [0.717, 1.165) is 19.3 Å². The first-order valence-corrected chi connectivity index (χ1v) is 7.98. The number of cyclic esters (lactones) is 1. The quantitative estimate of drug-likeness (QED) is 0.411. The van der Waals surface area contributed by atoms with Gasteiger partial charge in [0.1, 0.15) is 6.10 Å². The number of carbonyl (C=O) groups is 1. The van der Waals surface area contributed by atoms with E-state index in [9.17, 15) is 4.79 Å². The fraction of sp³-hybridized carbons (Fsp3) is 0.938. The van der Waals surface area contributed by atoms with Crippen LogP contribution in [0.15, 0.2) is 0 Å².